The number of amides is 2. The molecule has 1 aliphatic carbocycles. The molecule has 0 bridgehead atoms. The summed E-state index contributed by atoms with van der Waals surface area (Å²) in [7, 11) is 0. The van der Waals surface area contributed by atoms with Gasteiger partial charge >= 0.3 is 0 Å². The van der Waals surface area contributed by atoms with Gasteiger partial charge in [-0.2, -0.15) is 0 Å². The molecule has 30 heavy (non-hydrogen) atoms. The lowest BCUT2D eigenvalue weighted by Gasteiger charge is -2.11. The van der Waals surface area contributed by atoms with Crippen molar-refractivity contribution in [1.82, 2.24) is 0 Å². The van der Waals surface area contributed by atoms with Gasteiger partial charge in [-0.1, -0.05) is 30.3 Å². The Hall–Kier alpha value is -3.12. The highest BCUT2D eigenvalue weighted by atomic mass is 32.1. The third-order valence-corrected chi connectivity index (χ3v) is 6.47. The van der Waals surface area contributed by atoms with Crippen LogP contribution in [0, 0.1) is 0 Å². The van der Waals surface area contributed by atoms with Crippen LogP contribution in [0.5, 0.6) is 5.75 Å². The normalized spacial score (nSPS) is 12.8. The van der Waals surface area contributed by atoms with E-state index in [4.69, 9.17) is 10.5 Å². The zero-order valence-corrected chi connectivity index (χ0v) is 17.5. The molecule has 2 aromatic carbocycles. The van der Waals surface area contributed by atoms with Gasteiger partial charge in [0.1, 0.15) is 10.8 Å². The summed E-state index contributed by atoms with van der Waals surface area (Å²) < 4.78 is 5.78. The Kier molecular flexibility index (Phi) is 6.14. The van der Waals surface area contributed by atoms with E-state index in [0.29, 0.717) is 28.5 Å². The third kappa shape index (κ3) is 4.54. The van der Waals surface area contributed by atoms with Gasteiger partial charge in [-0.05, 0) is 61.1 Å². The maximum absolute atomic E-state index is 12.7. The number of anilines is 1. The van der Waals surface area contributed by atoms with Gasteiger partial charge in [0, 0.05) is 16.9 Å². The molecule has 2 amide bonds. The number of benzene rings is 2. The molecule has 1 aromatic heterocycles. The summed E-state index contributed by atoms with van der Waals surface area (Å²) in [4.78, 5) is 25.9. The fourth-order valence-electron chi connectivity index (χ4n) is 3.72. The first-order valence-corrected chi connectivity index (χ1v) is 11.0. The number of fused-ring (bicyclic) bond motifs is 1. The molecule has 3 aromatic rings. The maximum Gasteiger partial charge on any atom is 0.256 e. The second-order valence-corrected chi connectivity index (χ2v) is 8.45. The van der Waals surface area contributed by atoms with Crippen LogP contribution >= 0.6 is 11.3 Å². The highest BCUT2D eigenvalue weighted by Gasteiger charge is 2.25. The van der Waals surface area contributed by atoms with Crippen LogP contribution in [0.2, 0.25) is 0 Å². The Balaban J connectivity index is 1.39. The first-order valence-electron chi connectivity index (χ1n) is 10.1. The molecule has 0 spiro atoms. The molecular formula is C24H24N2O3S. The van der Waals surface area contributed by atoms with E-state index in [0.717, 1.165) is 42.5 Å². The van der Waals surface area contributed by atoms with E-state index in [1.54, 1.807) is 24.3 Å². The van der Waals surface area contributed by atoms with Crippen LogP contribution in [0.4, 0.5) is 5.00 Å². The summed E-state index contributed by atoms with van der Waals surface area (Å²) in [5, 5.41) is 3.45. The number of nitrogens with two attached hydrogens (primary N) is 1. The Morgan fingerprint density at radius 2 is 1.73 bits per heavy atom. The van der Waals surface area contributed by atoms with Gasteiger partial charge in [-0.3, -0.25) is 9.59 Å². The summed E-state index contributed by atoms with van der Waals surface area (Å²) in [6.07, 6.45) is 4.75. The molecule has 0 saturated heterocycles. The topological polar surface area (TPSA) is 81.4 Å². The number of thiophene rings is 1. The Bertz CT molecular complexity index is 1040. The van der Waals surface area contributed by atoms with Crippen molar-refractivity contribution in [3.05, 3.63) is 81.7 Å². The molecule has 0 unspecified atom stereocenters. The van der Waals surface area contributed by atoms with Crippen LogP contribution in [-0.2, 0) is 19.3 Å². The molecule has 1 heterocycles. The number of carbonyl (C=O) groups is 2. The van der Waals surface area contributed by atoms with Gasteiger partial charge < -0.3 is 15.8 Å². The van der Waals surface area contributed by atoms with E-state index in [9.17, 15) is 9.59 Å². The van der Waals surface area contributed by atoms with E-state index >= 15 is 0 Å². The summed E-state index contributed by atoms with van der Waals surface area (Å²) in [6, 6.07) is 17.2. The molecule has 0 radical (unpaired) electrons. The largest absolute Gasteiger partial charge is 0.493 e. The quantitative estimate of drug-likeness (QED) is 0.586. The minimum absolute atomic E-state index is 0.257. The van der Waals surface area contributed by atoms with Crippen molar-refractivity contribution in [1.29, 1.82) is 0 Å². The van der Waals surface area contributed by atoms with Crippen LogP contribution in [0.15, 0.2) is 54.6 Å². The van der Waals surface area contributed by atoms with Gasteiger partial charge in [0.05, 0.1) is 12.2 Å². The number of aryl methyl sites for hydroxylation is 1. The molecule has 1 aliphatic rings. The van der Waals surface area contributed by atoms with Gasteiger partial charge in [0.25, 0.3) is 11.8 Å². The van der Waals surface area contributed by atoms with E-state index in [-0.39, 0.29) is 5.91 Å². The summed E-state index contributed by atoms with van der Waals surface area (Å²) in [5.41, 5.74) is 8.82. The van der Waals surface area contributed by atoms with Crippen molar-refractivity contribution < 1.29 is 14.3 Å². The number of hydrogen-bond acceptors (Lipinski definition) is 4. The monoisotopic (exact) mass is 420 g/mol. The Labute approximate surface area is 179 Å². The lowest BCUT2D eigenvalue weighted by molar-refractivity contribution is 0.100. The molecular weight excluding hydrogens is 396 g/mol. The predicted molar refractivity (Wildman–Crippen MR) is 120 cm³/mol. The van der Waals surface area contributed by atoms with Crippen molar-refractivity contribution in [2.45, 2.75) is 32.1 Å². The summed E-state index contributed by atoms with van der Waals surface area (Å²) >= 11 is 1.47. The van der Waals surface area contributed by atoms with Crippen molar-refractivity contribution in [2.24, 2.45) is 5.73 Å². The summed E-state index contributed by atoms with van der Waals surface area (Å²) in [6.45, 7) is 0.568. The van der Waals surface area contributed by atoms with Gasteiger partial charge in [0.2, 0.25) is 0 Å². The van der Waals surface area contributed by atoms with Crippen LogP contribution < -0.4 is 15.8 Å². The van der Waals surface area contributed by atoms with Crippen LogP contribution in [0.25, 0.3) is 0 Å². The number of carbonyl (C=O) groups excluding carboxylic acids is 2. The number of nitrogens with one attached hydrogen (secondary N) is 1. The Morgan fingerprint density at radius 3 is 2.47 bits per heavy atom. The van der Waals surface area contributed by atoms with Gasteiger partial charge in [0.15, 0.2) is 0 Å². The molecule has 3 N–H and O–H groups in total. The first kappa shape index (κ1) is 20.2. The second kappa shape index (κ2) is 9.13. The zero-order valence-electron chi connectivity index (χ0n) is 16.6. The van der Waals surface area contributed by atoms with E-state index < -0.39 is 5.91 Å². The lowest BCUT2D eigenvalue weighted by atomic mass is 9.95. The molecule has 6 heteroatoms. The maximum atomic E-state index is 12.7. The molecule has 0 aliphatic heterocycles. The van der Waals surface area contributed by atoms with Crippen LogP contribution in [-0.4, -0.2) is 18.4 Å². The average molecular weight is 421 g/mol. The first-order chi connectivity index (χ1) is 14.6. The molecule has 4 rings (SSSR count). The minimum atomic E-state index is -0.480. The SMILES string of the molecule is NC(=O)c1c(NC(=O)c2ccc(OCCc3ccccc3)cc2)sc2c1CCCC2. The molecule has 0 saturated carbocycles. The fourth-order valence-corrected chi connectivity index (χ4v) is 5.01. The molecule has 5 nitrogen and oxygen atoms in total. The van der Waals surface area contributed by atoms with E-state index in [1.165, 1.54) is 16.9 Å². The van der Waals surface area contributed by atoms with Gasteiger partial charge in [-0.15, -0.1) is 11.3 Å². The minimum Gasteiger partial charge on any atom is -0.493 e. The van der Waals surface area contributed by atoms with Gasteiger partial charge in [-0.25, -0.2) is 0 Å². The lowest BCUT2D eigenvalue weighted by Crippen LogP contribution is -2.18. The molecule has 154 valence electrons. The highest BCUT2D eigenvalue weighted by molar-refractivity contribution is 7.17. The standard InChI is InChI=1S/C24H24N2O3S/c25-22(27)21-19-8-4-5-9-20(19)30-24(21)26-23(28)17-10-12-18(13-11-17)29-15-14-16-6-2-1-3-7-16/h1-3,6-7,10-13H,4-5,8-9,14-15H2,(H2,25,27)(H,26,28). The van der Waals surface area contributed by atoms with Crippen molar-refractivity contribution in [3.8, 4) is 5.75 Å². The smallest absolute Gasteiger partial charge is 0.256 e. The van der Waals surface area contributed by atoms with Crippen molar-refractivity contribution in [3.63, 3.8) is 0 Å². The van der Waals surface area contributed by atoms with Crippen LogP contribution in [0.3, 0.4) is 0 Å². The van der Waals surface area contributed by atoms with Crippen molar-refractivity contribution in [2.75, 3.05) is 11.9 Å². The van der Waals surface area contributed by atoms with Crippen molar-refractivity contribution >= 4 is 28.2 Å². The third-order valence-electron chi connectivity index (χ3n) is 5.26. The number of primary amides is 1. The number of hydrogen-bond donors (Lipinski definition) is 2. The zero-order chi connectivity index (χ0) is 20.9. The number of ether oxygens (including phenoxy) is 1. The average Bonchev–Trinajstić information content (AvgIpc) is 3.13. The van der Waals surface area contributed by atoms with E-state index in [2.05, 4.69) is 17.4 Å². The van der Waals surface area contributed by atoms with Crippen LogP contribution in [0.1, 0.15) is 49.6 Å². The fraction of sp³-hybridized carbons (Fsp3) is 0.250. The van der Waals surface area contributed by atoms with E-state index in [1.807, 2.05) is 18.2 Å². The highest BCUT2D eigenvalue weighted by Crippen LogP contribution is 2.38. The molecule has 0 fully saturated rings. The Morgan fingerprint density at radius 1 is 1.00 bits per heavy atom. The number of rotatable bonds is 7. The molecule has 0 atom stereocenters. The summed E-state index contributed by atoms with van der Waals surface area (Å²) in [5.74, 6) is -0.0225. The predicted octanol–water partition coefficient (Wildman–Crippen LogP) is 4.60. The second-order valence-electron chi connectivity index (χ2n) is 7.34.